The number of pyridine rings is 1. The number of sulfonamides is 1. The summed E-state index contributed by atoms with van der Waals surface area (Å²) in [6.45, 7) is 4.11. The van der Waals surface area contributed by atoms with Gasteiger partial charge in [0.25, 0.3) is 0 Å². The van der Waals surface area contributed by atoms with Gasteiger partial charge >= 0.3 is 0 Å². The fourth-order valence-electron chi connectivity index (χ4n) is 2.50. The average molecular weight is 361 g/mol. The van der Waals surface area contributed by atoms with Crippen molar-refractivity contribution >= 4 is 27.2 Å². The molecule has 0 radical (unpaired) electrons. The molecule has 7 heteroatoms. The van der Waals surface area contributed by atoms with Crippen LogP contribution < -0.4 is 9.62 Å². The minimum atomic E-state index is -3.44. The van der Waals surface area contributed by atoms with Crippen molar-refractivity contribution in [1.82, 2.24) is 4.98 Å². The van der Waals surface area contributed by atoms with Crippen molar-refractivity contribution in [3.63, 3.8) is 0 Å². The molecule has 0 bridgehead atoms. The van der Waals surface area contributed by atoms with Crippen molar-refractivity contribution in [1.29, 1.82) is 0 Å². The molecule has 2 aromatic rings. The first-order valence-corrected chi connectivity index (χ1v) is 9.81. The second-order valence-corrected chi connectivity index (χ2v) is 7.85. The van der Waals surface area contributed by atoms with Gasteiger partial charge in [-0.05, 0) is 44.2 Å². The lowest BCUT2D eigenvalue weighted by Crippen LogP contribution is -2.21. The topological polar surface area (TPSA) is 79.4 Å². The van der Waals surface area contributed by atoms with Crippen LogP contribution in [0.15, 0.2) is 36.4 Å². The van der Waals surface area contributed by atoms with E-state index in [0.717, 1.165) is 36.3 Å². The zero-order chi connectivity index (χ0) is 18.6. The minimum absolute atomic E-state index is 0.193. The predicted molar refractivity (Wildman–Crippen MR) is 101 cm³/mol. The normalized spacial score (nSPS) is 11.2. The predicted octanol–water partition coefficient (Wildman–Crippen LogP) is 2.64. The molecule has 0 unspecified atom stereocenters. The van der Waals surface area contributed by atoms with E-state index >= 15 is 0 Å². The van der Waals surface area contributed by atoms with Crippen LogP contribution >= 0.6 is 0 Å². The second-order valence-electron chi connectivity index (χ2n) is 6.10. The van der Waals surface area contributed by atoms with Crippen LogP contribution in [0.1, 0.15) is 28.7 Å². The number of likely N-dealkylation sites (N-methyl/N-ethyl adjacent to an activating group) is 1. The van der Waals surface area contributed by atoms with Gasteiger partial charge in [-0.1, -0.05) is 6.07 Å². The standard InChI is InChI=1S/C18H23N3O3S/c1-13-6-5-7-15(19-13)10-11-21(3)16-8-9-18(20-25(4,23)24)17(12-16)14(2)22/h5-9,12,20H,10-11H2,1-4H3. The molecule has 0 aliphatic rings. The summed E-state index contributed by atoms with van der Waals surface area (Å²) in [5.74, 6) is -0.193. The van der Waals surface area contributed by atoms with Crippen LogP contribution in [0.4, 0.5) is 11.4 Å². The summed E-state index contributed by atoms with van der Waals surface area (Å²) < 4.78 is 25.3. The first-order valence-electron chi connectivity index (χ1n) is 7.92. The lowest BCUT2D eigenvalue weighted by Gasteiger charge is -2.21. The molecule has 0 amide bonds. The Balaban J connectivity index is 2.18. The molecule has 25 heavy (non-hydrogen) atoms. The summed E-state index contributed by atoms with van der Waals surface area (Å²) in [4.78, 5) is 18.4. The van der Waals surface area contributed by atoms with Gasteiger partial charge in [0.05, 0.1) is 11.9 Å². The maximum Gasteiger partial charge on any atom is 0.229 e. The Morgan fingerprint density at radius 1 is 1.24 bits per heavy atom. The van der Waals surface area contributed by atoms with E-state index in [9.17, 15) is 13.2 Å². The Bertz CT molecular complexity index is 879. The molecule has 134 valence electrons. The van der Waals surface area contributed by atoms with E-state index < -0.39 is 10.0 Å². The molecule has 1 N–H and O–H groups in total. The molecule has 6 nitrogen and oxygen atoms in total. The molecular formula is C18H23N3O3S. The number of nitrogens with zero attached hydrogens (tertiary/aromatic N) is 2. The molecule has 1 heterocycles. The fraction of sp³-hybridized carbons (Fsp3) is 0.333. The number of hydrogen-bond acceptors (Lipinski definition) is 5. The van der Waals surface area contributed by atoms with Crippen LogP contribution in [-0.2, 0) is 16.4 Å². The van der Waals surface area contributed by atoms with E-state index in [4.69, 9.17) is 0 Å². The number of benzene rings is 1. The molecule has 0 atom stereocenters. The van der Waals surface area contributed by atoms with Gasteiger partial charge < -0.3 is 4.90 Å². The van der Waals surface area contributed by atoms with Gasteiger partial charge in [0, 0.05) is 42.7 Å². The summed E-state index contributed by atoms with van der Waals surface area (Å²) in [6, 6.07) is 11.1. The Labute approximate surface area is 148 Å². The van der Waals surface area contributed by atoms with Crippen molar-refractivity contribution in [2.24, 2.45) is 0 Å². The zero-order valence-corrected chi connectivity index (χ0v) is 15.7. The van der Waals surface area contributed by atoms with Crippen molar-refractivity contribution in [3.05, 3.63) is 53.3 Å². The SMILES string of the molecule is CC(=O)c1cc(N(C)CCc2cccc(C)n2)ccc1NS(C)(=O)=O. The number of aromatic nitrogens is 1. The lowest BCUT2D eigenvalue weighted by molar-refractivity contribution is 0.101. The highest BCUT2D eigenvalue weighted by Gasteiger charge is 2.13. The number of anilines is 2. The van der Waals surface area contributed by atoms with Crippen molar-refractivity contribution in [3.8, 4) is 0 Å². The molecule has 0 spiro atoms. The number of carbonyl (C=O) groups excluding carboxylic acids is 1. The third-order valence-corrected chi connectivity index (χ3v) is 4.36. The summed E-state index contributed by atoms with van der Waals surface area (Å²) >= 11 is 0. The van der Waals surface area contributed by atoms with Gasteiger partial charge in [0.1, 0.15) is 0 Å². The molecular weight excluding hydrogens is 338 g/mol. The van der Waals surface area contributed by atoms with Gasteiger partial charge in [0.15, 0.2) is 5.78 Å². The molecule has 0 aliphatic carbocycles. The Hall–Kier alpha value is -2.41. The highest BCUT2D eigenvalue weighted by atomic mass is 32.2. The van der Waals surface area contributed by atoms with E-state index in [0.29, 0.717) is 11.3 Å². The van der Waals surface area contributed by atoms with Gasteiger partial charge in [0.2, 0.25) is 10.0 Å². The van der Waals surface area contributed by atoms with Gasteiger partial charge in [-0.15, -0.1) is 0 Å². The summed E-state index contributed by atoms with van der Waals surface area (Å²) in [7, 11) is -1.51. The highest BCUT2D eigenvalue weighted by Crippen LogP contribution is 2.24. The Morgan fingerprint density at radius 3 is 2.56 bits per heavy atom. The summed E-state index contributed by atoms with van der Waals surface area (Å²) in [6.07, 6.45) is 1.84. The van der Waals surface area contributed by atoms with E-state index in [2.05, 4.69) is 9.71 Å². The van der Waals surface area contributed by atoms with Gasteiger partial charge in [-0.3, -0.25) is 14.5 Å². The van der Waals surface area contributed by atoms with E-state index in [-0.39, 0.29) is 5.78 Å². The number of carbonyl (C=O) groups is 1. The first-order chi connectivity index (χ1) is 11.7. The molecule has 1 aromatic heterocycles. The number of ketones is 1. The number of nitrogens with one attached hydrogen (secondary N) is 1. The van der Waals surface area contributed by atoms with Crippen LogP contribution in [0.2, 0.25) is 0 Å². The summed E-state index contributed by atoms with van der Waals surface area (Å²) in [5, 5.41) is 0. The maximum absolute atomic E-state index is 11.9. The van der Waals surface area contributed by atoms with Crippen LogP contribution in [0.25, 0.3) is 0 Å². The first kappa shape index (κ1) is 18.9. The van der Waals surface area contributed by atoms with Crippen molar-refractivity contribution in [2.45, 2.75) is 20.3 Å². The quantitative estimate of drug-likeness (QED) is 0.767. The average Bonchev–Trinajstić information content (AvgIpc) is 2.51. The molecule has 0 saturated heterocycles. The van der Waals surface area contributed by atoms with Gasteiger partial charge in [-0.2, -0.15) is 0 Å². The fourth-order valence-corrected chi connectivity index (χ4v) is 3.08. The van der Waals surface area contributed by atoms with Crippen LogP contribution in [0.3, 0.4) is 0 Å². The second kappa shape index (κ2) is 7.65. The lowest BCUT2D eigenvalue weighted by atomic mass is 10.1. The monoisotopic (exact) mass is 361 g/mol. The van der Waals surface area contributed by atoms with E-state index in [1.807, 2.05) is 37.1 Å². The van der Waals surface area contributed by atoms with E-state index in [1.54, 1.807) is 18.2 Å². The summed E-state index contributed by atoms with van der Waals surface area (Å²) in [5.41, 5.74) is 3.48. The zero-order valence-electron chi connectivity index (χ0n) is 14.9. The van der Waals surface area contributed by atoms with Crippen LogP contribution in [-0.4, -0.2) is 39.0 Å². The smallest absolute Gasteiger partial charge is 0.229 e. The number of hydrogen-bond donors (Lipinski definition) is 1. The molecule has 0 fully saturated rings. The molecule has 2 rings (SSSR count). The third-order valence-electron chi connectivity index (χ3n) is 3.77. The molecule has 0 saturated carbocycles. The number of aryl methyl sites for hydroxylation is 1. The molecule has 0 aliphatic heterocycles. The Morgan fingerprint density at radius 2 is 1.96 bits per heavy atom. The van der Waals surface area contributed by atoms with Crippen molar-refractivity contribution in [2.75, 3.05) is 29.5 Å². The number of rotatable bonds is 7. The molecule has 1 aromatic carbocycles. The van der Waals surface area contributed by atoms with Crippen molar-refractivity contribution < 1.29 is 13.2 Å². The minimum Gasteiger partial charge on any atom is -0.374 e. The Kier molecular flexibility index (Phi) is 5.79. The highest BCUT2D eigenvalue weighted by molar-refractivity contribution is 7.92. The number of Topliss-reactive ketones (excluding diaryl/α,β-unsaturated/α-hetero) is 1. The van der Waals surface area contributed by atoms with Crippen LogP contribution in [0.5, 0.6) is 0 Å². The van der Waals surface area contributed by atoms with E-state index in [1.165, 1.54) is 6.92 Å². The van der Waals surface area contributed by atoms with Crippen LogP contribution in [0, 0.1) is 6.92 Å². The largest absolute Gasteiger partial charge is 0.374 e. The van der Waals surface area contributed by atoms with Gasteiger partial charge in [-0.25, -0.2) is 8.42 Å². The third kappa shape index (κ3) is 5.56. The maximum atomic E-state index is 11.9.